The third kappa shape index (κ3) is 3.28. The van der Waals surface area contributed by atoms with Gasteiger partial charge in [-0.1, -0.05) is 17.7 Å². The van der Waals surface area contributed by atoms with E-state index in [1.54, 1.807) is 38.1 Å². The molecule has 0 aliphatic carbocycles. The fourth-order valence-electron chi connectivity index (χ4n) is 2.06. The number of aromatic carboxylic acids is 1. The molecule has 2 N–H and O–H groups in total. The number of nitrogens with one attached hydrogen (secondary N) is 1. The van der Waals surface area contributed by atoms with Gasteiger partial charge in [0.05, 0.1) is 10.5 Å². The summed E-state index contributed by atoms with van der Waals surface area (Å²) in [4.78, 5) is 11.1. The molecule has 2 aromatic carbocycles. The van der Waals surface area contributed by atoms with Crippen LogP contribution in [0.3, 0.4) is 0 Å². The summed E-state index contributed by atoms with van der Waals surface area (Å²) >= 11 is 0. The van der Waals surface area contributed by atoms with Crippen LogP contribution in [0.25, 0.3) is 0 Å². The molecule has 2 rings (SSSR count). The van der Waals surface area contributed by atoms with Crippen molar-refractivity contribution < 1.29 is 18.3 Å². The lowest BCUT2D eigenvalue weighted by atomic mass is 10.1. The molecule has 0 atom stereocenters. The van der Waals surface area contributed by atoms with E-state index in [4.69, 9.17) is 5.11 Å². The Kier molecular flexibility index (Phi) is 4.23. The lowest BCUT2D eigenvalue weighted by Crippen LogP contribution is -2.16. The van der Waals surface area contributed by atoms with E-state index in [1.165, 1.54) is 12.1 Å². The van der Waals surface area contributed by atoms with Crippen molar-refractivity contribution >= 4 is 21.7 Å². The smallest absolute Gasteiger partial charge is 0.335 e. The van der Waals surface area contributed by atoms with Crippen LogP contribution in [-0.4, -0.2) is 19.5 Å². The van der Waals surface area contributed by atoms with Gasteiger partial charge in [-0.15, -0.1) is 0 Å². The summed E-state index contributed by atoms with van der Waals surface area (Å²) in [5, 5.41) is 9.10. The molecule has 0 aliphatic rings. The van der Waals surface area contributed by atoms with Crippen molar-refractivity contribution in [3.05, 3.63) is 58.7 Å². The molecule has 0 spiro atoms. The maximum absolute atomic E-state index is 12.5. The fourth-order valence-corrected chi connectivity index (χ4v) is 3.46. The number of carboxylic acids is 1. The summed E-state index contributed by atoms with van der Waals surface area (Å²) < 4.78 is 27.5. The number of benzene rings is 2. The van der Waals surface area contributed by atoms with Gasteiger partial charge in [0.2, 0.25) is 0 Å². The largest absolute Gasteiger partial charge is 0.478 e. The zero-order chi connectivity index (χ0) is 16.5. The Bertz CT molecular complexity index is 824. The molecule has 0 radical (unpaired) electrons. The minimum Gasteiger partial charge on any atom is -0.478 e. The first-order valence-corrected chi connectivity index (χ1v) is 8.13. The molecule has 0 aromatic heterocycles. The number of carboxylic acid groups (broad SMARTS) is 1. The van der Waals surface area contributed by atoms with Crippen molar-refractivity contribution in [1.82, 2.24) is 0 Å². The molecule has 2 aromatic rings. The highest BCUT2D eigenvalue weighted by molar-refractivity contribution is 7.92. The number of aryl methyl sites for hydroxylation is 2. The van der Waals surface area contributed by atoms with Crippen LogP contribution in [-0.2, 0) is 10.0 Å². The molecule has 0 fully saturated rings. The molecule has 0 heterocycles. The quantitative estimate of drug-likeness (QED) is 0.907. The van der Waals surface area contributed by atoms with E-state index in [1.807, 2.05) is 6.92 Å². The fraction of sp³-hybridized carbons (Fsp3) is 0.188. The summed E-state index contributed by atoms with van der Waals surface area (Å²) in [6.07, 6.45) is 0. The van der Waals surface area contributed by atoms with Crippen LogP contribution in [0.5, 0.6) is 0 Å². The van der Waals surface area contributed by atoms with E-state index in [9.17, 15) is 13.2 Å². The van der Waals surface area contributed by atoms with Crippen molar-refractivity contribution in [2.45, 2.75) is 25.7 Å². The third-order valence-corrected chi connectivity index (χ3v) is 4.97. The van der Waals surface area contributed by atoms with E-state index in [-0.39, 0.29) is 10.5 Å². The summed E-state index contributed by atoms with van der Waals surface area (Å²) in [7, 11) is -3.85. The highest BCUT2D eigenvalue weighted by atomic mass is 32.2. The summed E-state index contributed by atoms with van der Waals surface area (Å²) in [6, 6.07) is 9.56. The minimum absolute atomic E-state index is 0.0227. The van der Waals surface area contributed by atoms with Crippen LogP contribution >= 0.6 is 0 Å². The summed E-state index contributed by atoms with van der Waals surface area (Å²) in [5.41, 5.74) is 2.55. The zero-order valence-electron chi connectivity index (χ0n) is 12.5. The van der Waals surface area contributed by atoms with Crippen LogP contribution < -0.4 is 4.72 Å². The van der Waals surface area contributed by atoms with E-state index < -0.39 is 16.0 Å². The third-order valence-electron chi connectivity index (χ3n) is 3.46. The maximum Gasteiger partial charge on any atom is 0.335 e. The van der Waals surface area contributed by atoms with Crippen LogP contribution in [0, 0.1) is 20.8 Å². The number of hydrogen-bond donors (Lipinski definition) is 2. The van der Waals surface area contributed by atoms with Crippen molar-refractivity contribution in [3.8, 4) is 0 Å². The Balaban J connectivity index is 2.49. The Morgan fingerprint density at radius 3 is 2.18 bits per heavy atom. The first-order chi connectivity index (χ1) is 10.2. The molecule has 0 saturated heterocycles. The zero-order valence-corrected chi connectivity index (χ0v) is 13.4. The van der Waals surface area contributed by atoms with Crippen LogP contribution in [0.4, 0.5) is 5.69 Å². The van der Waals surface area contributed by atoms with Gasteiger partial charge in [0.1, 0.15) is 0 Å². The van der Waals surface area contributed by atoms with Crippen LogP contribution in [0.15, 0.2) is 41.3 Å². The SMILES string of the molecule is Cc1ccc(NS(=O)(=O)c2cc(C(=O)O)cc(C)c2C)cc1. The van der Waals surface area contributed by atoms with Gasteiger partial charge >= 0.3 is 5.97 Å². The van der Waals surface area contributed by atoms with Gasteiger partial charge in [0, 0.05) is 5.69 Å². The van der Waals surface area contributed by atoms with Crippen molar-refractivity contribution in [1.29, 1.82) is 0 Å². The van der Waals surface area contributed by atoms with Crippen molar-refractivity contribution in [3.63, 3.8) is 0 Å². The van der Waals surface area contributed by atoms with Crippen molar-refractivity contribution in [2.75, 3.05) is 4.72 Å². The van der Waals surface area contributed by atoms with E-state index >= 15 is 0 Å². The minimum atomic E-state index is -3.85. The second-order valence-electron chi connectivity index (χ2n) is 5.19. The van der Waals surface area contributed by atoms with Gasteiger partial charge in [0.15, 0.2) is 0 Å². The molecule has 0 amide bonds. The molecule has 0 saturated carbocycles. The van der Waals surface area contributed by atoms with Crippen LogP contribution in [0.1, 0.15) is 27.0 Å². The first-order valence-electron chi connectivity index (χ1n) is 6.65. The predicted molar refractivity (Wildman–Crippen MR) is 84.9 cm³/mol. The lowest BCUT2D eigenvalue weighted by molar-refractivity contribution is 0.0696. The Morgan fingerprint density at radius 2 is 1.64 bits per heavy atom. The Labute approximate surface area is 129 Å². The molecule has 5 nitrogen and oxygen atoms in total. The Hall–Kier alpha value is -2.34. The normalized spacial score (nSPS) is 11.2. The molecule has 0 aliphatic heterocycles. The molecular formula is C16H17NO4S. The van der Waals surface area contributed by atoms with E-state index in [2.05, 4.69) is 4.72 Å². The number of sulfonamides is 1. The predicted octanol–water partition coefficient (Wildman–Crippen LogP) is 3.11. The first kappa shape index (κ1) is 16.0. The average Bonchev–Trinajstić information content (AvgIpc) is 2.43. The maximum atomic E-state index is 12.5. The number of hydrogen-bond acceptors (Lipinski definition) is 3. The molecule has 116 valence electrons. The second-order valence-corrected chi connectivity index (χ2v) is 6.84. The lowest BCUT2D eigenvalue weighted by Gasteiger charge is -2.13. The van der Waals surface area contributed by atoms with Crippen LogP contribution in [0.2, 0.25) is 0 Å². The highest BCUT2D eigenvalue weighted by Gasteiger charge is 2.20. The molecule has 0 bridgehead atoms. The number of anilines is 1. The Morgan fingerprint density at radius 1 is 1.05 bits per heavy atom. The van der Waals surface area contributed by atoms with Gasteiger partial charge in [-0.3, -0.25) is 4.72 Å². The number of rotatable bonds is 4. The summed E-state index contributed by atoms with van der Waals surface area (Å²) in [5.74, 6) is -1.16. The van der Waals surface area contributed by atoms with Gasteiger partial charge in [-0.25, -0.2) is 13.2 Å². The average molecular weight is 319 g/mol. The monoisotopic (exact) mass is 319 g/mol. The van der Waals surface area contributed by atoms with Gasteiger partial charge in [0.25, 0.3) is 10.0 Å². The molecule has 22 heavy (non-hydrogen) atoms. The molecule has 0 unspecified atom stereocenters. The van der Waals surface area contributed by atoms with E-state index in [0.29, 0.717) is 16.8 Å². The van der Waals surface area contributed by atoms with Gasteiger partial charge in [-0.05, 0) is 56.2 Å². The molecular weight excluding hydrogens is 302 g/mol. The highest BCUT2D eigenvalue weighted by Crippen LogP contribution is 2.24. The van der Waals surface area contributed by atoms with E-state index in [0.717, 1.165) is 5.56 Å². The topological polar surface area (TPSA) is 83.5 Å². The second kappa shape index (κ2) is 5.81. The standard InChI is InChI=1S/C16H17NO4S/c1-10-4-6-14(7-5-10)17-22(20,21)15-9-13(16(18)19)8-11(2)12(15)3/h4-9,17H,1-3H3,(H,18,19). The van der Waals surface area contributed by atoms with Gasteiger partial charge < -0.3 is 5.11 Å². The van der Waals surface area contributed by atoms with Crippen molar-refractivity contribution in [2.24, 2.45) is 0 Å². The number of carbonyl (C=O) groups is 1. The molecule has 6 heteroatoms. The van der Waals surface area contributed by atoms with Gasteiger partial charge in [-0.2, -0.15) is 0 Å². The summed E-state index contributed by atoms with van der Waals surface area (Å²) in [6.45, 7) is 5.25.